The van der Waals surface area contributed by atoms with Crippen LogP contribution in [0.5, 0.6) is 5.75 Å². The first-order valence-electron chi connectivity index (χ1n) is 5.60. The Kier molecular flexibility index (Phi) is 4.33. The van der Waals surface area contributed by atoms with Gasteiger partial charge in [0.05, 0.1) is 15.6 Å². The molecule has 0 aliphatic rings. The molecular weight excluding hydrogens is 202 g/mol. The molecule has 0 saturated carbocycles. The number of nitrogens with zero attached hydrogens (tertiary/aromatic N) is 1. The number of pyridine rings is 1. The van der Waals surface area contributed by atoms with Crippen LogP contribution >= 0.6 is 0 Å². The second-order valence-electron chi connectivity index (χ2n) is 4.66. The average molecular weight is 223 g/mol. The molecule has 0 aromatic carbocycles. The van der Waals surface area contributed by atoms with Crippen LogP contribution in [-0.4, -0.2) is 21.3 Å². The Morgan fingerprint density at radius 2 is 1.80 bits per heavy atom. The third-order valence-electron chi connectivity index (χ3n) is 2.54. The minimum atomic E-state index is 0.280. The molecule has 1 rings (SSSR count). The molecule has 15 heavy (non-hydrogen) atoms. The molecule has 1 aromatic heterocycles. The number of ether oxygens (including phenoxy) is 1. The van der Waals surface area contributed by atoms with Gasteiger partial charge >= 0.3 is 0 Å². The van der Waals surface area contributed by atoms with Crippen LogP contribution in [0.25, 0.3) is 0 Å². The minimum absolute atomic E-state index is 0.280. The predicted molar refractivity (Wildman–Crippen MR) is 67.9 cm³/mol. The fraction of sp³-hybridized carbons (Fsp3) is 0.583. The van der Waals surface area contributed by atoms with Crippen molar-refractivity contribution in [3.63, 3.8) is 0 Å². The van der Waals surface area contributed by atoms with Gasteiger partial charge in [-0.2, -0.15) is 0 Å². The SMILES string of the molecule is CC(C)C(Oc1cccnc1[SiH3])C(C)C. The zero-order valence-electron chi connectivity index (χ0n) is 10.3. The highest BCUT2D eigenvalue weighted by atomic mass is 28.1. The lowest BCUT2D eigenvalue weighted by Gasteiger charge is -2.26. The predicted octanol–water partition coefficient (Wildman–Crippen LogP) is 1.13. The first kappa shape index (κ1) is 12.2. The second kappa shape index (κ2) is 5.31. The van der Waals surface area contributed by atoms with Crippen LogP contribution in [0.15, 0.2) is 18.3 Å². The Balaban J connectivity index is 2.79. The normalized spacial score (nSPS) is 11.7. The maximum atomic E-state index is 6.04. The van der Waals surface area contributed by atoms with Gasteiger partial charge in [0.1, 0.15) is 11.9 Å². The largest absolute Gasteiger partial charge is 0.488 e. The summed E-state index contributed by atoms with van der Waals surface area (Å²) in [6.45, 7) is 8.81. The van der Waals surface area contributed by atoms with Crippen molar-refractivity contribution in [2.45, 2.75) is 33.8 Å². The fourth-order valence-electron chi connectivity index (χ4n) is 1.78. The molecule has 2 nitrogen and oxygen atoms in total. The van der Waals surface area contributed by atoms with Gasteiger partial charge in [-0.25, -0.2) is 0 Å². The van der Waals surface area contributed by atoms with Crippen LogP contribution in [0.4, 0.5) is 0 Å². The van der Waals surface area contributed by atoms with E-state index in [-0.39, 0.29) is 6.10 Å². The van der Waals surface area contributed by atoms with Crippen LogP contribution in [0.1, 0.15) is 27.7 Å². The smallest absolute Gasteiger partial charge is 0.135 e. The number of aromatic nitrogens is 1. The summed E-state index contributed by atoms with van der Waals surface area (Å²) in [6.07, 6.45) is 2.11. The third kappa shape index (κ3) is 3.34. The Labute approximate surface area is 95.5 Å². The van der Waals surface area contributed by atoms with E-state index < -0.39 is 0 Å². The molecule has 0 unspecified atom stereocenters. The third-order valence-corrected chi connectivity index (χ3v) is 3.29. The number of hydrogen-bond donors (Lipinski definition) is 0. The summed E-state index contributed by atoms with van der Waals surface area (Å²) in [5.41, 5.74) is 0. The van der Waals surface area contributed by atoms with Crippen LogP contribution < -0.4 is 10.1 Å². The average Bonchev–Trinajstić information content (AvgIpc) is 2.15. The topological polar surface area (TPSA) is 22.1 Å². The highest BCUT2D eigenvalue weighted by Crippen LogP contribution is 2.18. The molecule has 0 N–H and O–H groups in total. The molecule has 1 heterocycles. The van der Waals surface area contributed by atoms with E-state index in [1.807, 2.05) is 18.3 Å². The van der Waals surface area contributed by atoms with E-state index >= 15 is 0 Å². The first-order valence-corrected chi connectivity index (χ1v) is 6.60. The Bertz CT molecular complexity index is 304. The summed E-state index contributed by atoms with van der Waals surface area (Å²) in [6, 6.07) is 3.96. The maximum absolute atomic E-state index is 6.04. The number of hydrogen-bond acceptors (Lipinski definition) is 2. The Morgan fingerprint density at radius 1 is 1.20 bits per heavy atom. The molecule has 0 fully saturated rings. The van der Waals surface area contributed by atoms with Gasteiger partial charge in [-0.15, -0.1) is 0 Å². The summed E-state index contributed by atoms with van der Waals surface area (Å²) < 4.78 is 6.04. The van der Waals surface area contributed by atoms with Crippen LogP contribution in [0.2, 0.25) is 0 Å². The highest BCUT2D eigenvalue weighted by molar-refractivity contribution is 6.32. The lowest BCUT2D eigenvalue weighted by Crippen LogP contribution is -2.31. The van der Waals surface area contributed by atoms with E-state index in [2.05, 4.69) is 32.7 Å². The van der Waals surface area contributed by atoms with Crippen molar-refractivity contribution in [1.29, 1.82) is 0 Å². The maximum Gasteiger partial charge on any atom is 0.135 e. The zero-order chi connectivity index (χ0) is 11.4. The van der Waals surface area contributed by atoms with E-state index in [1.54, 1.807) is 0 Å². The van der Waals surface area contributed by atoms with Crippen LogP contribution in [0, 0.1) is 11.8 Å². The summed E-state index contributed by atoms with van der Waals surface area (Å²) in [5, 5.41) is 1.10. The quantitative estimate of drug-likeness (QED) is 0.714. The molecular formula is C12H21NOSi. The molecule has 0 aliphatic carbocycles. The van der Waals surface area contributed by atoms with Crippen molar-refractivity contribution in [2.75, 3.05) is 0 Å². The van der Waals surface area contributed by atoms with E-state index in [0.717, 1.165) is 21.3 Å². The lowest BCUT2D eigenvalue weighted by atomic mass is 9.96. The van der Waals surface area contributed by atoms with Crippen LogP contribution in [0.3, 0.4) is 0 Å². The van der Waals surface area contributed by atoms with Gasteiger partial charge < -0.3 is 4.74 Å². The lowest BCUT2D eigenvalue weighted by molar-refractivity contribution is 0.106. The molecule has 0 atom stereocenters. The van der Waals surface area contributed by atoms with Gasteiger partial charge in [-0.05, 0) is 24.0 Å². The number of rotatable bonds is 4. The summed E-state index contributed by atoms with van der Waals surface area (Å²) in [4.78, 5) is 4.29. The standard InChI is InChI=1S/C12H21NOSi/c1-8(2)11(9(3)4)14-10-6-5-7-13-12(10)15/h5-9,11H,1-4,15H3. The first-order chi connectivity index (χ1) is 7.02. The molecule has 0 spiro atoms. The summed E-state index contributed by atoms with van der Waals surface area (Å²) in [5.74, 6) is 2.04. The van der Waals surface area contributed by atoms with Gasteiger partial charge in [0.2, 0.25) is 0 Å². The van der Waals surface area contributed by atoms with Gasteiger partial charge in [-0.1, -0.05) is 27.7 Å². The van der Waals surface area contributed by atoms with Crippen molar-refractivity contribution < 1.29 is 4.74 Å². The molecule has 0 amide bonds. The van der Waals surface area contributed by atoms with Crippen LogP contribution in [-0.2, 0) is 0 Å². The zero-order valence-corrected chi connectivity index (χ0v) is 12.3. The molecule has 0 bridgehead atoms. The Morgan fingerprint density at radius 3 is 2.27 bits per heavy atom. The molecule has 0 aliphatic heterocycles. The summed E-state index contributed by atoms with van der Waals surface area (Å²) in [7, 11) is 0.936. The van der Waals surface area contributed by atoms with Gasteiger partial charge in [0.25, 0.3) is 0 Å². The van der Waals surface area contributed by atoms with E-state index in [0.29, 0.717) is 11.8 Å². The molecule has 3 heteroatoms. The second-order valence-corrected chi connectivity index (χ2v) is 5.60. The van der Waals surface area contributed by atoms with Gasteiger partial charge in [0.15, 0.2) is 0 Å². The van der Waals surface area contributed by atoms with Crippen molar-refractivity contribution >= 4 is 15.6 Å². The van der Waals surface area contributed by atoms with Crippen molar-refractivity contribution in [1.82, 2.24) is 4.98 Å². The van der Waals surface area contributed by atoms with E-state index in [9.17, 15) is 0 Å². The molecule has 1 aromatic rings. The highest BCUT2D eigenvalue weighted by Gasteiger charge is 2.19. The minimum Gasteiger partial charge on any atom is -0.488 e. The van der Waals surface area contributed by atoms with Crippen molar-refractivity contribution in [3.05, 3.63) is 18.3 Å². The monoisotopic (exact) mass is 223 g/mol. The van der Waals surface area contributed by atoms with E-state index in [1.165, 1.54) is 0 Å². The molecule has 0 saturated heterocycles. The molecule has 84 valence electrons. The van der Waals surface area contributed by atoms with Gasteiger partial charge in [0, 0.05) is 6.20 Å². The fourth-order valence-corrected chi connectivity index (χ4v) is 2.22. The Hall–Kier alpha value is -0.833. The summed E-state index contributed by atoms with van der Waals surface area (Å²) >= 11 is 0. The van der Waals surface area contributed by atoms with Crippen molar-refractivity contribution in [2.24, 2.45) is 11.8 Å². The van der Waals surface area contributed by atoms with Crippen molar-refractivity contribution in [3.8, 4) is 5.75 Å². The van der Waals surface area contributed by atoms with Gasteiger partial charge in [-0.3, -0.25) is 4.98 Å². The molecule has 0 radical (unpaired) electrons. The van der Waals surface area contributed by atoms with E-state index in [4.69, 9.17) is 4.74 Å².